The van der Waals surface area contributed by atoms with Crippen LogP contribution < -0.4 is 5.32 Å². The van der Waals surface area contributed by atoms with E-state index in [0.29, 0.717) is 5.56 Å². The van der Waals surface area contributed by atoms with E-state index in [-0.39, 0.29) is 23.7 Å². The fourth-order valence-electron chi connectivity index (χ4n) is 2.50. The average molecular weight is 255 g/mol. The van der Waals surface area contributed by atoms with Crippen molar-refractivity contribution >= 4 is 5.69 Å². The van der Waals surface area contributed by atoms with Gasteiger partial charge in [-0.25, -0.2) is 8.78 Å². The van der Waals surface area contributed by atoms with Gasteiger partial charge in [-0.1, -0.05) is 12.8 Å². The Morgan fingerprint density at radius 2 is 1.89 bits per heavy atom. The van der Waals surface area contributed by atoms with Gasteiger partial charge in [-0.2, -0.15) is 0 Å². The van der Waals surface area contributed by atoms with E-state index in [4.69, 9.17) is 4.74 Å². The van der Waals surface area contributed by atoms with E-state index in [1.165, 1.54) is 12.1 Å². The van der Waals surface area contributed by atoms with Crippen molar-refractivity contribution < 1.29 is 13.5 Å². The maximum Gasteiger partial charge on any atom is 0.146 e. The van der Waals surface area contributed by atoms with E-state index in [1.54, 1.807) is 14.0 Å². The molecule has 1 fully saturated rings. The Kier molecular flexibility index (Phi) is 4.17. The summed E-state index contributed by atoms with van der Waals surface area (Å²) in [5.41, 5.74) is 0.553. The predicted molar refractivity (Wildman–Crippen MR) is 67.8 cm³/mol. The molecule has 0 amide bonds. The molecule has 0 aromatic heterocycles. The molecule has 1 saturated carbocycles. The van der Waals surface area contributed by atoms with Crippen LogP contribution in [0.5, 0.6) is 0 Å². The number of anilines is 1. The molecule has 18 heavy (non-hydrogen) atoms. The second-order valence-corrected chi connectivity index (χ2v) is 4.89. The lowest BCUT2D eigenvalue weighted by atomic mass is 9.92. The molecule has 1 aliphatic carbocycles. The average Bonchev–Trinajstić information content (AvgIpc) is 2.36. The summed E-state index contributed by atoms with van der Waals surface area (Å²) in [4.78, 5) is 0. The maximum atomic E-state index is 13.7. The summed E-state index contributed by atoms with van der Waals surface area (Å²) in [6.45, 7) is 1.56. The second kappa shape index (κ2) is 5.65. The number of ether oxygens (including phenoxy) is 1. The third-order valence-electron chi connectivity index (χ3n) is 3.59. The first-order valence-corrected chi connectivity index (χ1v) is 6.37. The van der Waals surface area contributed by atoms with Gasteiger partial charge in [0.2, 0.25) is 0 Å². The van der Waals surface area contributed by atoms with Crippen molar-refractivity contribution in [2.75, 3.05) is 12.4 Å². The quantitative estimate of drug-likeness (QED) is 0.890. The molecular weight excluding hydrogens is 236 g/mol. The number of benzene rings is 1. The first-order chi connectivity index (χ1) is 8.61. The molecule has 0 aliphatic heterocycles. The van der Waals surface area contributed by atoms with Gasteiger partial charge in [-0.15, -0.1) is 0 Å². The van der Waals surface area contributed by atoms with Crippen LogP contribution in [0.1, 0.15) is 31.2 Å². The van der Waals surface area contributed by atoms with Gasteiger partial charge in [0.15, 0.2) is 0 Å². The highest BCUT2D eigenvalue weighted by Crippen LogP contribution is 2.26. The van der Waals surface area contributed by atoms with E-state index in [2.05, 4.69) is 5.32 Å². The number of methoxy groups -OCH3 is 1. The minimum atomic E-state index is -0.408. The summed E-state index contributed by atoms with van der Waals surface area (Å²) < 4.78 is 32.6. The molecule has 1 N–H and O–H groups in total. The van der Waals surface area contributed by atoms with Crippen LogP contribution in [0.15, 0.2) is 12.1 Å². The highest BCUT2D eigenvalue weighted by Gasteiger charge is 2.25. The Morgan fingerprint density at radius 1 is 1.17 bits per heavy atom. The number of nitrogens with one attached hydrogen (secondary N) is 1. The fourth-order valence-corrected chi connectivity index (χ4v) is 2.50. The molecule has 0 radical (unpaired) electrons. The van der Waals surface area contributed by atoms with Crippen LogP contribution in [0.2, 0.25) is 0 Å². The molecule has 2 unspecified atom stereocenters. The number of aryl methyl sites for hydroxylation is 1. The van der Waals surface area contributed by atoms with Crippen molar-refractivity contribution in [2.24, 2.45) is 0 Å². The van der Waals surface area contributed by atoms with E-state index < -0.39 is 5.82 Å². The monoisotopic (exact) mass is 255 g/mol. The zero-order chi connectivity index (χ0) is 13.1. The highest BCUT2D eigenvalue weighted by atomic mass is 19.1. The lowest BCUT2D eigenvalue weighted by Gasteiger charge is -2.32. The minimum Gasteiger partial charge on any atom is -0.379 e. The largest absolute Gasteiger partial charge is 0.379 e. The van der Waals surface area contributed by atoms with Crippen LogP contribution in [0.4, 0.5) is 14.5 Å². The maximum absolute atomic E-state index is 13.7. The molecule has 0 heterocycles. The van der Waals surface area contributed by atoms with Gasteiger partial charge in [0.05, 0.1) is 17.8 Å². The normalized spacial score (nSPS) is 24.0. The van der Waals surface area contributed by atoms with Crippen molar-refractivity contribution in [3.63, 3.8) is 0 Å². The summed E-state index contributed by atoms with van der Waals surface area (Å²) in [7, 11) is 1.66. The van der Waals surface area contributed by atoms with Crippen LogP contribution >= 0.6 is 0 Å². The number of hydrogen-bond donors (Lipinski definition) is 1. The topological polar surface area (TPSA) is 21.3 Å². The number of rotatable bonds is 3. The van der Waals surface area contributed by atoms with Crippen molar-refractivity contribution in [1.29, 1.82) is 0 Å². The number of halogens is 2. The Labute approximate surface area is 106 Å². The Morgan fingerprint density at radius 3 is 2.61 bits per heavy atom. The lowest BCUT2D eigenvalue weighted by molar-refractivity contribution is 0.0605. The van der Waals surface area contributed by atoms with Gasteiger partial charge >= 0.3 is 0 Å². The molecule has 0 spiro atoms. The van der Waals surface area contributed by atoms with Crippen LogP contribution in [0, 0.1) is 18.6 Å². The first kappa shape index (κ1) is 13.3. The fraction of sp³-hybridized carbons (Fsp3) is 0.571. The molecule has 1 aromatic carbocycles. The highest BCUT2D eigenvalue weighted by molar-refractivity contribution is 5.48. The molecule has 2 atom stereocenters. The summed E-state index contributed by atoms with van der Waals surface area (Å²) >= 11 is 0. The zero-order valence-corrected chi connectivity index (χ0v) is 10.8. The Balaban J connectivity index is 2.15. The van der Waals surface area contributed by atoms with Crippen molar-refractivity contribution in [3.05, 3.63) is 29.3 Å². The molecule has 0 bridgehead atoms. The third-order valence-corrected chi connectivity index (χ3v) is 3.59. The van der Waals surface area contributed by atoms with Gasteiger partial charge in [0, 0.05) is 13.2 Å². The van der Waals surface area contributed by atoms with E-state index in [1.807, 2.05) is 0 Å². The van der Waals surface area contributed by atoms with Crippen molar-refractivity contribution in [1.82, 2.24) is 0 Å². The van der Waals surface area contributed by atoms with E-state index in [0.717, 1.165) is 25.7 Å². The Hall–Kier alpha value is -1.16. The SMILES string of the molecule is COC1CCCCC1Nc1cc(F)c(C)cc1F. The van der Waals surface area contributed by atoms with Gasteiger partial charge < -0.3 is 10.1 Å². The third kappa shape index (κ3) is 2.80. The lowest BCUT2D eigenvalue weighted by Crippen LogP contribution is -2.38. The van der Waals surface area contributed by atoms with E-state index in [9.17, 15) is 8.78 Å². The molecule has 100 valence electrons. The summed E-state index contributed by atoms with van der Waals surface area (Å²) in [5.74, 6) is -0.794. The molecule has 1 aromatic rings. The predicted octanol–water partition coefficient (Wildman–Crippen LogP) is 3.64. The van der Waals surface area contributed by atoms with Crippen molar-refractivity contribution in [2.45, 2.75) is 44.8 Å². The molecule has 1 aliphatic rings. The summed E-state index contributed by atoms with van der Waals surface area (Å²) in [5, 5.41) is 3.08. The molecule has 2 nitrogen and oxygen atoms in total. The molecule has 4 heteroatoms. The van der Waals surface area contributed by atoms with Gasteiger partial charge in [-0.05, 0) is 31.4 Å². The van der Waals surface area contributed by atoms with Gasteiger partial charge in [0.1, 0.15) is 11.6 Å². The van der Waals surface area contributed by atoms with Crippen LogP contribution in [0.3, 0.4) is 0 Å². The minimum absolute atomic E-state index is 0.0559. The van der Waals surface area contributed by atoms with E-state index >= 15 is 0 Å². The van der Waals surface area contributed by atoms with Crippen LogP contribution in [-0.2, 0) is 4.74 Å². The summed E-state index contributed by atoms with van der Waals surface area (Å²) in [6.07, 6.45) is 4.18. The van der Waals surface area contributed by atoms with Crippen molar-refractivity contribution in [3.8, 4) is 0 Å². The molecule has 2 rings (SSSR count). The Bertz CT molecular complexity index is 423. The molecular formula is C14H19F2NO. The first-order valence-electron chi connectivity index (χ1n) is 6.37. The second-order valence-electron chi connectivity index (χ2n) is 4.89. The van der Waals surface area contributed by atoms with Gasteiger partial charge in [0.25, 0.3) is 0 Å². The number of hydrogen-bond acceptors (Lipinski definition) is 2. The standard InChI is InChI=1S/C14H19F2NO/c1-9-7-11(16)13(8-10(9)15)17-12-5-3-4-6-14(12)18-2/h7-8,12,14,17H,3-6H2,1-2H3. The zero-order valence-electron chi connectivity index (χ0n) is 10.8. The molecule has 0 saturated heterocycles. The van der Waals surface area contributed by atoms with Crippen LogP contribution in [-0.4, -0.2) is 19.3 Å². The summed E-state index contributed by atoms with van der Waals surface area (Å²) in [6, 6.07) is 2.51. The smallest absolute Gasteiger partial charge is 0.146 e. The van der Waals surface area contributed by atoms with Crippen LogP contribution in [0.25, 0.3) is 0 Å². The van der Waals surface area contributed by atoms with Gasteiger partial charge in [-0.3, -0.25) is 0 Å².